The molecule has 0 saturated heterocycles. The van der Waals surface area contributed by atoms with E-state index in [4.69, 9.17) is 0 Å². The molecule has 0 atom stereocenters. The van der Waals surface area contributed by atoms with Crippen LogP contribution >= 0.6 is 0 Å². The van der Waals surface area contributed by atoms with E-state index < -0.39 is 0 Å². The Bertz CT molecular complexity index is 748. The topological polar surface area (TPSA) is 50.2 Å². The second kappa shape index (κ2) is 4.53. The van der Waals surface area contributed by atoms with E-state index in [1.807, 2.05) is 30.3 Å². The van der Waals surface area contributed by atoms with Crippen LogP contribution in [0.25, 0.3) is 22.2 Å². The standard InChI is InChI=1S/C16H11NO2/c18-10-13-9-12-3-1-2-4-15(12)17-16(13)11-5-7-14(19)8-6-11/h1-10,19H. The van der Waals surface area contributed by atoms with Gasteiger partial charge < -0.3 is 5.11 Å². The summed E-state index contributed by atoms with van der Waals surface area (Å²) in [5.41, 5.74) is 2.83. The number of aromatic nitrogens is 1. The van der Waals surface area contributed by atoms with Crippen LogP contribution in [0.2, 0.25) is 0 Å². The van der Waals surface area contributed by atoms with Crippen LogP contribution < -0.4 is 0 Å². The summed E-state index contributed by atoms with van der Waals surface area (Å²) in [6, 6.07) is 16.2. The normalized spacial score (nSPS) is 10.5. The van der Waals surface area contributed by atoms with Crippen LogP contribution in [0.1, 0.15) is 10.4 Å². The molecule has 0 saturated carbocycles. The van der Waals surface area contributed by atoms with Crippen molar-refractivity contribution in [3.63, 3.8) is 0 Å². The van der Waals surface area contributed by atoms with Gasteiger partial charge in [0.1, 0.15) is 5.75 Å². The second-order valence-electron chi connectivity index (χ2n) is 4.28. The minimum Gasteiger partial charge on any atom is -0.508 e. The van der Waals surface area contributed by atoms with Gasteiger partial charge in [0.25, 0.3) is 0 Å². The zero-order chi connectivity index (χ0) is 13.2. The number of benzene rings is 2. The first-order chi connectivity index (χ1) is 9.28. The first-order valence-corrected chi connectivity index (χ1v) is 5.92. The van der Waals surface area contributed by atoms with E-state index in [0.717, 1.165) is 22.8 Å². The number of carbonyl (C=O) groups excluding carboxylic acids is 1. The third-order valence-electron chi connectivity index (χ3n) is 3.02. The maximum Gasteiger partial charge on any atom is 0.152 e. The molecule has 0 radical (unpaired) electrons. The Morgan fingerprint density at radius 3 is 2.47 bits per heavy atom. The smallest absolute Gasteiger partial charge is 0.152 e. The van der Waals surface area contributed by atoms with Gasteiger partial charge in [-0.2, -0.15) is 0 Å². The van der Waals surface area contributed by atoms with Crippen LogP contribution in [0.3, 0.4) is 0 Å². The Kier molecular flexibility index (Phi) is 2.72. The highest BCUT2D eigenvalue weighted by atomic mass is 16.3. The van der Waals surface area contributed by atoms with Gasteiger partial charge in [-0.1, -0.05) is 18.2 Å². The molecular formula is C16H11NO2. The summed E-state index contributed by atoms with van der Waals surface area (Å²) in [4.78, 5) is 15.8. The third-order valence-corrected chi connectivity index (χ3v) is 3.02. The van der Waals surface area contributed by atoms with Crippen molar-refractivity contribution < 1.29 is 9.90 Å². The summed E-state index contributed by atoms with van der Waals surface area (Å²) in [5, 5.41) is 10.2. The van der Waals surface area contributed by atoms with Crippen LogP contribution in [0, 0.1) is 0 Å². The zero-order valence-electron chi connectivity index (χ0n) is 10.1. The maximum absolute atomic E-state index is 11.2. The maximum atomic E-state index is 11.2. The molecule has 1 aromatic heterocycles. The number of nitrogens with zero attached hydrogens (tertiary/aromatic N) is 1. The lowest BCUT2D eigenvalue weighted by Crippen LogP contribution is -1.93. The Hall–Kier alpha value is -2.68. The molecule has 1 N–H and O–H groups in total. The SMILES string of the molecule is O=Cc1cc2ccccc2nc1-c1ccc(O)cc1. The fourth-order valence-corrected chi connectivity index (χ4v) is 2.07. The molecule has 92 valence electrons. The lowest BCUT2D eigenvalue weighted by Gasteiger charge is -2.06. The summed E-state index contributed by atoms with van der Waals surface area (Å²) in [6.45, 7) is 0. The first-order valence-electron chi connectivity index (χ1n) is 5.92. The molecule has 0 aliphatic carbocycles. The summed E-state index contributed by atoms with van der Waals surface area (Å²) in [5.74, 6) is 0.192. The number of fused-ring (bicyclic) bond motifs is 1. The number of hydrogen-bond acceptors (Lipinski definition) is 3. The van der Waals surface area contributed by atoms with Crippen molar-refractivity contribution in [2.75, 3.05) is 0 Å². The number of aromatic hydroxyl groups is 1. The number of phenols is 1. The molecule has 0 unspecified atom stereocenters. The van der Waals surface area contributed by atoms with Crippen molar-refractivity contribution in [2.24, 2.45) is 0 Å². The average molecular weight is 249 g/mol. The van der Waals surface area contributed by atoms with E-state index >= 15 is 0 Å². The van der Waals surface area contributed by atoms with Gasteiger partial charge in [0.05, 0.1) is 11.2 Å². The van der Waals surface area contributed by atoms with Crippen LogP contribution in [-0.2, 0) is 0 Å². The highest BCUT2D eigenvalue weighted by molar-refractivity contribution is 5.93. The summed E-state index contributed by atoms with van der Waals surface area (Å²) in [7, 11) is 0. The Labute approximate surface area is 110 Å². The van der Waals surface area contributed by atoms with Crippen molar-refractivity contribution >= 4 is 17.2 Å². The molecule has 0 amide bonds. The highest BCUT2D eigenvalue weighted by Gasteiger charge is 2.08. The van der Waals surface area contributed by atoms with Gasteiger partial charge >= 0.3 is 0 Å². The van der Waals surface area contributed by atoms with Gasteiger partial charge in [0, 0.05) is 16.5 Å². The van der Waals surface area contributed by atoms with Gasteiger partial charge in [0.2, 0.25) is 0 Å². The van der Waals surface area contributed by atoms with Gasteiger partial charge in [-0.15, -0.1) is 0 Å². The van der Waals surface area contributed by atoms with Crippen molar-refractivity contribution in [1.82, 2.24) is 4.98 Å². The van der Waals surface area contributed by atoms with E-state index in [2.05, 4.69) is 4.98 Å². The first kappa shape index (κ1) is 11.4. The van der Waals surface area contributed by atoms with Crippen molar-refractivity contribution in [2.45, 2.75) is 0 Å². The van der Waals surface area contributed by atoms with Gasteiger partial charge in [-0.3, -0.25) is 4.79 Å². The molecular weight excluding hydrogens is 238 g/mol. The predicted octanol–water partition coefficient (Wildman–Crippen LogP) is 3.42. The molecule has 0 fully saturated rings. The fraction of sp³-hybridized carbons (Fsp3) is 0. The molecule has 3 rings (SSSR count). The molecule has 0 bridgehead atoms. The van der Waals surface area contributed by atoms with Crippen molar-refractivity contribution in [3.05, 3.63) is 60.2 Å². The highest BCUT2D eigenvalue weighted by Crippen LogP contribution is 2.26. The molecule has 3 aromatic rings. The molecule has 0 spiro atoms. The number of pyridine rings is 1. The summed E-state index contributed by atoms with van der Waals surface area (Å²) in [6.07, 6.45) is 0.807. The lowest BCUT2D eigenvalue weighted by atomic mass is 10.0. The van der Waals surface area contributed by atoms with Gasteiger partial charge in [-0.25, -0.2) is 4.98 Å². The predicted molar refractivity (Wildman–Crippen MR) is 74.2 cm³/mol. The second-order valence-corrected chi connectivity index (χ2v) is 4.28. The average Bonchev–Trinajstić information content (AvgIpc) is 2.46. The number of para-hydroxylation sites is 1. The molecule has 0 aliphatic heterocycles. The number of phenolic OH excluding ortho intramolecular Hbond substituents is 1. The van der Waals surface area contributed by atoms with E-state index in [0.29, 0.717) is 11.3 Å². The minimum atomic E-state index is 0.192. The monoisotopic (exact) mass is 249 g/mol. The minimum absolute atomic E-state index is 0.192. The third kappa shape index (κ3) is 2.06. The van der Waals surface area contributed by atoms with Crippen LogP contribution in [0.15, 0.2) is 54.6 Å². The van der Waals surface area contributed by atoms with Gasteiger partial charge in [-0.05, 0) is 36.4 Å². The fourth-order valence-electron chi connectivity index (χ4n) is 2.07. The van der Waals surface area contributed by atoms with Crippen LogP contribution in [0.4, 0.5) is 0 Å². The molecule has 3 heteroatoms. The van der Waals surface area contributed by atoms with Crippen molar-refractivity contribution in [3.8, 4) is 17.0 Å². The molecule has 0 aliphatic rings. The Morgan fingerprint density at radius 2 is 1.74 bits per heavy atom. The zero-order valence-corrected chi connectivity index (χ0v) is 10.1. The van der Waals surface area contributed by atoms with Crippen LogP contribution in [-0.4, -0.2) is 16.4 Å². The van der Waals surface area contributed by atoms with Crippen molar-refractivity contribution in [1.29, 1.82) is 0 Å². The largest absolute Gasteiger partial charge is 0.508 e. The number of aldehydes is 1. The van der Waals surface area contributed by atoms with Gasteiger partial charge in [0.15, 0.2) is 6.29 Å². The number of hydrogen-bond donors (Lipinski definition) is 1. The van der Waals surface area contributed by atoms with Crippen LogP contribution in [0.5, 0.6) is 5.75 Å². The van der Waals surface area contributed by atoms with E-state index in [9.17, 15) is 9.90 Å². The number of carbonyl (C=O) groups is 1. The Balaban J connectivity index is 2.26. The molecule has 2 aromatic carbocycles. The molecule has 1 heterocycles. The van der Waals surface area contributed by atoms with E-state index in [-0.39, 0.29) is 5.75 Å². The Morgan fingerprint density at radius 1 is 1.00 bits per heavy atom. The van der Waals surface area contributed by atoms with E-state index in [1.54, 1.807) is 24.3 Å². The van der Waals surface area contributed by atoms with E-state index in [1.165, 1.54) is 0 Å². The quantitative estimate of drug-likeness (QED) is 0.708. The summed E-state index contributed by atoms with van der Waals surface area (Å²) < 4.78 is 0. The number of rotatable bonds is 2. The lowest BCUT2D eigenvalue weighted by molar-refractivity contribution is 0.112. The summed E-state index contributed by atoms with van der Waals surface area (Å²) >= 11 is 0. The molecule has 19 heavy (non-hydrogen) atoms. The molecule has 3 nitrogen and oxygen atoms in total.